The number of amides is 1. The lowest BCUT2D eigenvalue weighted by molar-refractivity contribution is -0.145. The minimum atomic E-state index is -0.330. The monoisotopic (exact) mass is 441 g/mol. The number of hydrogen-bond acceptors (Lipinski definition) is 4. The molecule has 0 spiro atoms. The van der Waals surface area contributed by atoms with Crippen LogP contribution >= 0.6 is 15.9 Å². The molecule has 1 amide bonds. The minimum absolute atomic E-state index is 0.0652. The molecular formula is C22H20BrNO4. The lowest BCUT2D eigenvalue weighted by Crippen LogP contribution is -2.40. The van der Waals surface area contributed by atoms with Crippen molar-refractivity contribution in [3.05, 3.63) is 54.1 Å². The molecule has 6 heteroatoms. The van der Waals surface area contributed by atoms with Gasteiger partial charge in [0.1, 0.15) is 17.6 Å². The fourth-order valence-corrected chi connectivity index (χ4v) is 6.02. The molecule has 2 aromatic carbocycles. The molecular weight excluding hydrogens is 422 g/mol. The predicted octanol–water partition coefficient (Wildman–Crippen LogP) is 4.30. The maximum absolute atomic E-state index is 12.9. The molecule has 2 aromatic rings. The summed E-state index contributed by atoms with van der Waals surface area (Å²) in [4.78, 5) is 25.2. The highest BCUT2D eigenvalue weighted by Gasteiger charge is 2.67. The predicted molar refractivity (Wildman–Crippen MR) is 107 cm³/mol. The normalized spacial score (nSPS) is 32.3. The Kier molecular flexibility index (Phi) is 4.19. The van der Waals surface area contributed by atoms with Gasteiger partial charge < -0.3 is 14.8 Å². The van der Waals surface area contributed by atoms with Gasteiger partial charge in [0.05, 0.1) is 16.7 Å². The van der Waals surface area contributed by atoms with Crippen molar-refractivity contribution in [3.8, 4) is 11.5 Å². The standard InChI is InChI=1S/C22H20BrNO4/c1-11-3-2-4-14(9-11)27-13-7-5-12(6-8-13)24-21(25)17-15-10-16-18(17)22(26)28-20(16)19(15)23/h2-9,15-20H,10H2,1H3,(H,24,25)/t15-,16-,17-,18-,19-,20+/m1/s1. The van der Waals surface area contributed by atoms with Crippen molar-refractivity contribution in [2.24, 2.45) is 23.7 Å². The van der Waals surface area contributed by atoms with Crippen molar-refractivity contribution < 1.29 is 19.1 Å². The number of benzene rings is 2. The number of hydrogen-bond donors (Lipinski definition) is 1. The zero-order valence-corrected chi connectivity index (χ0v) is 16.9. The minimum Gasteiger partial charge on any atom is -0.461 e. The van der Waals surface area contributed by atoms with Gasteiger partial charge in [-0.05, 0) is 61.2 Å². The third-order valence-corrected chi connectivity index (χ3v) is 7.37. The van der Waals surface area contributed by atoms with E-state index < -0.39 is 0 Å². The van der Waals surface area contributed by atoms with Gasteiger partial charge >= 0.3 is 5.97 Å². The summed E-state index contributed by atoms with van der Waals surface area (Å²) in [5.41, 5.74) is 1.82. The number of anilines is 1. The Labute approximate surface area is 171 Å². The maximum atomic E-state index is 12.9. The van der Waals surface area contributed by atoms with Crippen LogP contribution in [0, 0.1) is 30.6 Å². The molecule has 0 aromatic heterocycles. The van der Waals surface area contributed by atoms with E-state index in [1.165, 1.54) is 0 Å². The quantitative estimate of drug-likeness (QED) is 0.567. The second kappa shape index (κ2) is 6.62. The highest BCUT2D eigenvalue weighted by atomic mass is 79.9. The van der Waals surface area contributed by atoms with Crippen molar-refractivity contribution in [1.29, 1.82) is 0 Å². The SMILES string of the molecule is Cc1cccc(Oc2ccc(NC(=O)[C@@H]3[C@H]4C[C@H]5[C@H](OC(=O)[C@H]53)[C@@H]4Br)cc2)c1. The first-order valence-electron chi connectivity index (χ1n) is 9.51. The molecule has 3 aliphatic rings. The summed E-state index contributed by atoms with van der Waals surface area (Å²) in [6.07, 6.45) is 0.808. The van der Waals surface area contributed by atoms with Gasteiger partial charge in [-0.2, -0.15) is 0 Å². The number of ether oxygens (including phenoxy) is 2. The van der Waals surface area contributed by atoms with Gasteiger partial charge in [0.25, 0.3) is 0 Å². The molecule has 1 saturated heterocycles. The first-order valence-corrected chi connectivity index (χ1v) is 10.4. The second-order valence-corrected chi connectivity index (χ2v) is 8.95. The van der Waals surface area contributed by atoms with Gasteiger partial charge in [0, 0.05) is 11.6 Å². The Hall–Kier alpha value is -2.34. The van der Waals surface area contributed by atoms with Crippen molar-refractivity contribution in [3.63, 3.8) is 0 Å². The molecule has 6 atom stereocenters. The molecule has 5 nitrogen and oxygen atoms in total. The lowest BCUT2D eigenvalue weighted by Gasteiger charge is -2.27. The van der Waals surface area contributed by atoms with E-state index in [1.54, 1.807) is 0 Å². The van der Waals surface area contributed by atoms with E-state index in [0.717, 1.165) is 17.7 Å². The first kappa shape index (κ1) is 17.7. The number of alkyl halides is 1. The van der Waals surface area contributed by atoms with E-state index in [9.17, 15) is 9.59 Å². The van der Waals surface area contributed by atoms with Gasteiger partial charge in [-0.1, -0.05) is 28.1 Å². The summed E-state index contributed by atoms with van der Waals surface area (Å²) < 4.78 is 11.3. The fraction of sp³-hybridized carbons (Fsp3) is 0.364. The number of aryl methyl sites for hydroxylation is 1. The molecule has 144 valence electrons. The van der Waals surface area contributed by atoms with Crippen LogP contribution in [-0.2, 0) is 14.3 Å². The van der Waals surface area contributed by atoms with Crippen molar-refractivity contribution in [1.82, 2.24) is 0 Å². The summed E-state index contributed by atoms with van der Waals surface area (Å²) >= 11 is 3.64. The molecule has 1 N–H and O–H groups in total. The van der Waals surface area contributed by atoms with Crippen LogP contribution in [0.1, 0.15) is 12.0 Å². The van der Waals surface area contributed by atoms with Crippen LogP contribution in [0.2, 0.25) is 0 Å². The Morgan fingerprint density at radius 1 is 1.14 bits per heavy atom. The Morgan fingerprint density at radius 2 is 1.93 bits per heavy atom. The van der Waals surface area contributed by atoms with E-state index in [1.807, 2.05) is 55.5 Å². The molecule has 3 fully saturated rings. The molecule has 5 rings (SSSR count). The van der Waals surface area contributed by atoms with E-state index in [2.05, 4.69) is 21.2 Å². The fourth-order valence-electron chi connectivity index (χ4n) is 4.98. The molecule has 0 radical (unpaired) electrons. The number of fused-ring (bicyclic) bond motifs is 1. The van der Waals surface area contributed by atoms with Crippen LogP contribution in [0.25, 0.3) is 0 Å². The Morgan fingerprint density at radius 3 is 2.68 bits per heavy atom. The van der Waals surface area contributed by atoms with Crippen LogP contribution in [-0.4, -0.2) is 22.8 Å². The van der Waals surface area contributed by atoms with Crippen LogP contribution < -0.4 is 10.1 Å². The summed E-state index contributed by atoms with van der Waals surface area (Å²) in [7, 11) is 0. The highest BCUT2D eigenvalue weighted by molar-refractivity contribution is 9.09. The highest BCUT2D eigenvalue weighted by Crippen LogP contribution is 2.60. The summed E-state index contributed by atoms with van der Waals surface area (Å²) in [6, 6.07) is 15.1. The number of nitrogens with one attached hydrogen (secondary N) is 1. The average Bonchev–Trinajstić information content (AvgIpc) is 3.28. The van der Waals surface area contributed by atoms with E-state index in [0.29, 0.717) is 11.4 Å². The van der Waals surface area contributed by atoms with Gasteiger partial charge in [-0.25, -0.2) is 0 Å². The summed E-state index contributed by atoms with van der Waals surface area (Å²) in [5, 5.41) is 2.97. The first-order chi connectivity index (χ1) is 13.5. The zero-order valence-electron chi connectivity index (χ0n) is 15.3. The number of halogens is 1. The van der Waals surface area contributed by atoms with E-state index >= 15 is 0 Å². The van der Waals surface area contributed by atoms with Crippen LogP contribution in [0.15, 0.2) is 48.5 Å². The Balaban J connectivity index is 1.28. The van der Waals surface area contributed by atoms with Crippen LogP contribution in [0.3, 0.4) is 0 Å². The largest absolute Gasteiger partial charge is 0.461 e. The average molecular weight is 442 g/mol. The van der Waals surface area contributed by atoms with Crippen molar-refractivity contribution in [2.45, 2.75) is 24.3 Å². The maximum Gasteiger partial charge on any atom is 0.310 e. The van der Waals surface area contributed by atoms with Crippen LogP contribution in [0.4, 0.5) is 5.69 Å². The van der Waals surface area contributed by atoms with Gasteiger partial charge in [-0.15, -0.1) is 0 Å². The Bertz CT molecular complexity index is 944. The third kappa shape index (κ3) is 2.82. The van der Waals surface area contributed by atoms with Crippen molar-refractivity contribution >= 4 is 33.5 Å². The van der Waals surface area contributed by atoms with E-state index in [-0.39, 0.29) is 46.5 Å². The van der Waals surface area contributed by atoms with Gasteiger partial charge in [-0.3, -0.25) is 9.59 Å². The van der Waals surface area contributed by atoms with Gasteiger partial charge in [0.15, 0.2) is 0 Å². The van der Waals surface area contributed by atoms with Crippen LogP contribution in [0.5, 0.6) is 11.5 Å². The van der Waals surface area contributed by atoms with Crippen molar-refractivity contribution in [2.75, 3.05) is 5.32 Å². The summed E-state index contributed by atoms with van der Waals surface area (Å²) in [6.45, 7) is 2.01. The molecule has 1 aliphatic heterocycles. The molecule has 2 bridgehead atoms. The molecule has 2 aliphatic carbocycles. The molecule has 2 saturated carbocycles. The van der Waals surface area contributed by atoms with E-state index in [4.69, 9.17) is 9.47 Å². The van der Waals surface area contributed by atoms with Gasteiger partial charge in [0.2, 0.25) is 5.91 Å². The third-order valence-electron chi connectivity index (χ3n) is 6.17. The molecule has 1 heterocycles. The summed E-state index contributed by atoms with van der Waals surface area (Å²) in [5.74, 6) is 0.838. The number of rotatable bonds is 4. The lowest BCUT2D eigenvalue weighted by atomic mass is 9.79. The smallest absolute Gasteiger partial charge is 0.310 e. The number of carbonyl (C=O) groups is 2. The second-order valence-electron chi connectivity index (χ2n) is 7.89. The molecule has 28 heavy (non-hydrogen) atoms. The number of esters is 1. The topological polar surface area (TPSA) is 64.6 Å². The zero-order chi connectivity index (χ0) is 19.4. The molecule has 0 unspecified atom stereocenters. The number of carbonyl (C=O) groups excluding carboxylic acids is 2.